The second-order valence-corrected chi connectivity index (χ2v) is 3.51. The van der Waals surface area contributed by atoms with Gasteiger partial charge in [-0.25, -0.2) is 17.6 Å². The van der Waals surface area contributed by atoms with Crippen molar-refractivity contribution in [2.24, 2.45) is 0 Å². The summed E-state index contributed by atoms with van der Waals surface area (Å²) in [4.78, 5) is 12.2. The number of fused-ring (bicyclic) bond motifs is 1. The average Bonchev–Trinajstić information content (AvgIpc) is 2.55. The number of hydrogen-bond acceptors (Lipinski definition) is 2. The maximum absolute atomic E-state index is 13.4. The molecule has 1 aromatic carbocycles. The molecule has 1 heterocycles. The van der Waals surface area contributed by atoms with Crippen LogP contribution in [0.1, 0.15) is 29.1 Å². The third kappa shape index (κ3) is 1.35. The fourth-order valence-corrected chi connectivity index (χ4v) is 1.83. The Labute approximate surface area is 93.3 Å². The van der Waals surface area contributed by atoms with Crippen molar-refractivity contribution in [3.8, 4) is 0 Å². The first-order chi connectivity index (χ1) is 7.91. The molecule has 92 valence electrons. The number of hydrogen-bond donors (Lipinski definition) is 1. The zero-order valence-corrected chi connectivity index (χ0v) is 8.60. The van der Waals surface area contributed by atoms with Gasteiger partial charge in [0.1, 0.15) is 0 Å². The fraction of sp³-hybridized carbons (Fsp3) is 0.300. The number of rotatable bonds is 1. The molecule has 0 saturated heterocycles. The van der Waals surface area contributed by atoms with Crippen molar-refractivity contribution >= 4 is 5.91 Å². The van der Waals surface area contributed by atoms with Gasteiger partial charge in [0.15, 0.2) is 29.5 Å². The smallest absolute Gasteiger partial charge is 0.259 e. The van der Waals surface area contributed by atoms with Gasteiger partial charge in [-0.3, -0.25) is 4.79 Å². The minimum absolute atomic E-state index is 0.0448. The highest BCUT2D eigenvalue weighted by atomic mass is 19.2. The average molecular weight is 249 g/mol. The van der Waals surface area contributed by atoms with Crippen LogP contribution in [0, 0.1) is 23.3 Å². The van der Waals surface area contributed by atoms with Crippen LogP contribution in [0.2, 0.25) is 0 Å². The van der Waals surface area contributed by atoms with Gasteiger partial charge < -0.3 is 10.0 Å². The Hall–Kier alpha value is -1.63. The topological polar surface area (TPSA) is 40.5 Å². The summed E-state index contributed by atoms with van der Waals surface area (Å²) in [5.41, 5.74) is -1.80. The Kier molecular flexibility index (Phi) is 2.57. The molecule has 3 nitrogen and oxygen atoms in total. The lowest BCUT2D eigenvalue weighted by atomic mass is 10.1. The van der Waals surface area contributed by atoms with Gasteiger partial charge in [-0.05, 0) is 6.92 Å². The Morgan fingerprint density at radius 3 is 2.18 bits per heavy atom. The first-order valence-corrected chi connectivity index (χ1v) is 4.76. The fourth-order valence-electron chi connectivity index (χ4n) is 1.83. The Bertz CT molecular complexity index is 518. The number of carbonyl (C=O) groups is 1. The molecule has 7 heteroatoms. The van der Waals surface area contributed by atoms with Gasteiger partial charge >= 0.3 is 0 Å². The highest BCUT2D eigenvalue weighted by molar-refractivity contribution is 5.99. The first kappa shape index (κ1) is 11.8. The largest absolute Gasteiger partial charge is 0.369 e. The summed E-state index contributed by atoms with van der Waals surface area (Å²) in [6.07, 6.45) is -1.80. The summed E-state index contributed by atoms with van der Waals surface area (Å²) >= 11 is 0. The summed E-state index contributed by atoms with van der Waals surface area (Å²) in [5.74, 6) is -8.68. The van der Waals surface area contributed by atoms with Crippen LogP contribution < -0.4 is 0 Å². The van der Waals surface area contributed by atoms with Gasteiger partial charge in [0.25, 0.3) is 5.91 Å². The van der Waals surface area contributed by atoms with E-state index in [1.165, 1.54) is 6.92 Å². The zero-order chi connectivity index (χ0) is 12.9. The van der Waals surface area contributed by atoms with E-state index in [9.17, 15) is 27.5 Å². The lowest BCUT2D eigenvalue weighted by Gasteiger charge is -2.18. The molecular formula is C10H7F4NO2. The standard InChI is InChI=1S/C10H7F4NO2/c1-2-15-9(16)3-4(10(15)17)6(12)8(14)7(13)5(3)11/h9,16H,2H2,1H3. The zero-order valence-electron chi connectivity index (χ0n) is 8.60. The van der Waals surface area contributed by atoms with Crippen LogP contribution in [0.3, 0.4) is 0 Å². The van der Waals surface area contributed by atoms with E-state index in [0.29, 0.717) is 4.90 Å². The molecular weight excluding hydrogens is 242 g/mol. The maximum Gasteiger partial charge on any atom is 0.259 e. The number of nitrogens with zero attached hydrogens (tertiary/aromatic N) is 1. The normalized spacial score (nSPS) is 18.8. The van der Waals surface area contributed by atoms with Crippen molar-refractivity contribution in [2.75, 3.05) is 6.54 Å². The lowest BCUT2D eigenvalue weighted by Crippen LogP contribution is -2.27. The van der Waals surface area contributed by atoms with Crippen molar-refractivity contribution < 1.29 is 27.5 Å². The molecule has 1 aromatic rings. The number of aliphatic hydroxyl groups is 1. The van der Waals surface area contributed by atoms with E-state index in [-0.39, 0.29) is 6.54 Å². The van der Waals surface area contributed by atoms with Gasteiger partial charge in [-0.15, -0.1) is 0 Å². The molecule has 1 aliphatic rings. The molecule has 1 N–H and O–H groups in total. The third-order valence-electron chi connectivity index (χ3n) is 2.67. The van der Waals surface area contributed by atoms with E-state index in [1.54, 1.807) is 0 Å². The highest BCUT2D eigenvalue weighted by Crippen LogP contribution is 2.37. The molecule has 1 unspecified atom stereocenters. The van der Waals surface area contributed by atoms with Crippen molar-refractivity contribution in [3.05, 3.63) is 34.4 Å². The van der Waals surface area contributed by atoms with Gasteiger partial charge in [0.05, 0.1) is 11.1 Å². The van der Waals surface area contributed by atoms with E-state index in [1.807, 2.05) is 0 Å². The number of aliphatic hydroxyl groups excluding tert-OH is 1. The van der Waals surface area contributed by atoms with Gasteiger partial charge in [-0.1, -0.05) is 0 Å². The summed E-state index contributed by atoms with van der Waals surface area (Å²) in [5, 5.41) is 9.54. The van der Waals surface area contributed by atoms with Crippen LogP contribution in [0.5, 0.6) is 0 Å². The Balaban J connectivity index is 2.79. The van der Waals surface area contributed by atoms with Crippen molar-refractivity contribution in [1.29, 1.82) is 0 Å². The van der Waals surface area contributed by atoms with Gasteiger partial charge in [-0.2, -0.15) is 0 Å². The minimum atomic E-state index is -2.06. The predicted molar refractivity (Wildman–Crippen MR) is 47.9 cm³/mol. The molecule has 0 aromatic heterocycles. The van der Waals surface area contributed by atoms with Crippen LogP contribution in [0.4, 0.5) is 17.6 Å². The molecule has 0 radical (unpaired) electrons. The van der Waals surface area contributed by atoms with Crippen LogP contribution >= 0.6 is 0 Å². The van der Waals surface area contributed by atoms with E-state index in [2.05, 4.69) is 0 Å². The molecule has 0 bridgehead atoms. The van der Waals surface area contributed by atoms with Crippen LogP contribution in [-0.2, 0) is 0 Å². The van der Waals surface area contributed by atoms with Crippen molar-refractivity contribution in [1.82, 2.24) is 4.90 Å². The molecule has 1 atom stereocenters. The first-order valence-electron chi connectivity index (χ1n) is 4.76. The number of carbonyl (C=O) groups excluding carboxylic acids is 1. The number of amides is 1. The SMILES string of the molecule is CCN1C(=O)c2c(F)c(F)c(F)c(F)c2C1O. The second kappa shape index (κ2) is 3.69. The van der Waals surface area contributed by atoms with Crippen LogP contribution in [0.15, 0.2) is 0 Å². The lowest BCUT2D eigenvalue weighted by molar-refractivity contribution is 0.0187. The molecule has 0 aliphatic carbocycles. The minimum Gasteiger partial charge on any atom is -0.369 e. The summed E-state index contributed by atoms with van der Waals surface area (Å²) in [6, 6.07) is 0. The molecule has 0 saturated carbocycles. The van der Waals surface area contributed by atoms with E-state index in [0.717, 1.165) is 0 Å². The van der Waals surface area contributed by atoms with E-state index >= 15 is 0 Å². The Morgan fingerprint density at radius 2 is 1.65 bits per heavy atom. The molecule has 0 fully saturated rings. The quantitative estimate of drug-likeness (QED) is 0.467. The van der Waals surface area contributed by atoms with Crippen molar-refractivity contribution in [3.63, 3.8) is 0 Å². The van der Waals surface area contributed by atoms with Crippen molar-refractivity contribution in [2.45, 2.75) is 13.2 Å². The van der Waals surface area contributed by atoms with E-state index in [4.69, 9.17) is 0 Å². The maximum atomic E-state index is 13.4. The van der Waals surface area contributed by atoms with Gasteiger partial charge in [0, 0.05) is 6.54 Å². The molecule has 1 amide bonds. The number of halogens is 4. The number of benzene rings is 1. The van der Waals surface area contributed by atoms with Crippen LogP contribution in [0.25, 0.3) is 0 Å². The summed E-state index contributed by atoms with van der Waals surface area (Å²) < 4.78 is 52.6. The monoisotopic (exact) mass is 249 g/mol. The molecule has 2 rings (SSSR count). The summed E-state index contributed by atoms with van der Waals surface area (Å²) in [7, 11) is 0. The van der Waals surface area contributed by atoms with Gasteiger partial charge in [0.2, 0.25) is 0 Å². The molecule has 17 heavy (non-hydrogen) atoms. The van der Waals surface area contributed by atoms with E-state index < -0.39 is 46.5 Å². The molecule has 0 spiro atoms. The third-order valence-corrected chi connectivity index (χ3v) is 2.67. The Morgan fingerprint density at radius 1 is 1.12 bits per heavy atom. The predicted octanol–water partition coefficient (Wildman–Crippen LogP) is 1.71. The second-order valence-electron chi connectivity index (χ2n) is 3.51. The molecule has 1 aliphatic heterocycles. The van der Waals surface area contributed by atoms with Crippen LogP contribution in [-0.4, -0.2) is 22.5 Å². The highest BCUT2D eigenvalue weighted by Gasteiger charge is 2.42. The summed E-state index contributed by atoms with van der Waals surface area (Å²) in [6.45, 7) is 1.41.